The monoisotopic (exact) mass is 593 g/mol. The van der Waals surface area contributed by atoms with E-state index in [0.717, 1.165) is 65.9 Å². The predicted octanol–water partition coefficient (Wildman–Crippen LogP) is 9.51. The number of phenols is 1. The van der Waals surface area contributed by atoms with Gasteiger partial charge in [0.05, 0.1) is 44.5 Å². The van der Waals surface area contributed by atoms with Crippen LogP contribution in [0.1, 0.15) is 11.4 Å². The molecule has 11 rings (SSSR count). The fourth-order valence-corrected chi connectivity index (χ4v) is 6.79. The topological polar surface area (TPSA) is 92.2 Å². The van der Waals surface area contributed by atoms with Crippen molar-refractivity contribution in [2.45, 2.75) is 0 Å². The van der Waals surface area contributed by atoms with Crippen LogP contribution in [0.25, 0.3) is 94.3 Å². The Kier molecular flexibility index (Phi) is 5.02. The van der Waals surface area contributed by atoms with Crippen LogP contribution in [0.3, 0.4) is 0 Å². The zero-order valence-corrected chi connectivity index (χ0v) is 24.3. The zero-order valence-electron chi connectivity index (χ0n) is 24.3. The van der Waals surface area contributed by atoms with Crippen LogP contribution in [0.15, 0.2) is 120 Å². The van der Waals surface area contributed by atoms with Gasteiger partial charge in [0.2, 0.25) is 0 Å². The molecule has 0 amide bonds. The first kappa shape index (κ1) is 24.9. The average Bonchev–Trinajstić information content (AvgIpc) is 3.76. The summed E-state index contributed by atoms with van der Waals surface area (Å²) < 4.78 is 8.31. The van der Waals surface area contributed by atoms with Crippen LogP contribution in [0.2, 0.25) is 0 Å². The third kappa shape index (κ3) is 3.51. The number of nitrogens with one attached hydrogen (secondary N) is 1. The lowest BCUT2D eigenvalue weighted by Crippen LogP contribution is -1.94. The summed E-state index contributed by atoms with van der Waals surface area (Å²) in [7, 11) is 0. The van der Waals surface area contributed by atoms with Gasteiger partial charge in [0.1, 0.15) is 5.75 Å². The molecular weight excluding hydrogens is 570 g/mol. The highest BCUT2D eigenvalue weighted by Crippen LogP contribution is 2.36. The minimum Gasteiger partial charge on any atom is -0.507 e. The van der Waals surface area contributed by atoms with Gasteiger partial charge in [0.25, 0.3) is 0 Å². The molecule has 7 heteroatoms. The lowest BCUT2D eigenvalue weighted by atomic mass is 10.0. The Labute approximate surface area is 260 Å². The molecule has 0 saturated heterocycles. The number of aromatic hydroxyl groups is 1. The lowest BCUT2D eigenvalue weighted by Gasteiger charge is -2.08. The Morgan fingerprint density at radius 3 is 1.96 bits per heavy atom. The van der Waals surface area contributed by atoms with Crippen molar-refractivity contribution < 1.29 is 9.63 Å². The molecule has 0 atom stereocenters. The van der Waals surface area contributed by atoms with Crippen LogP contribution in [0, 0.1) is 0 Å². The van der Waals surface area contributed by atoms with E-state index < -0.39 is 0 Å². The number of fused-ring (bicyclic) bond motifs is 1. The van der Waals surface area contributed by atoms with Gasteiger partial charge in [0.15, 0.2) is 5.58 Å². The van der Waals surface area contributed by atoms with Crippen molar-refractivity contribution >= 4 is 83.2 Å². The Bertz CT molecular complexity index is 2880. The van der Waals surface area contributed by atoms with E-state index in [9.17, 15) is 5.11 Å². The largest absolute Gasteiger partial charge is 0.507 e. The highest BCUT2D eigenvalue weighted by atomic mass is 16.5. The van der Waals surface area contributed by atoms with Gasteiger partial charge in [-0.3, -0.25) is 0 Å². The molecule has 4 aromatic carbocycles. The van der Waals surface area contributed by atoms with Gasteiger partial charge in [-0.2, -0.15) is 5.27 Å². The van der Waals surface area contributed by atoms with Crippen molar-refractivity contribution in [3.05, 3.63) is 127 Å². The molecule has 2 N–H and O–H groups in total. The summed E-state index contributed by atoms with van der Waals surface area (Å²) >= 11 is 0. The number of para-hydroxylation sites is 2. The van der Waals surface area contributed by atoms with E-state index in [1.807, 2.05) is 83.4 Å². The summed E-state index contributed by atoms with van der Waals surface area (Å²) in [5.74, 6) is 0.131. The number of benzene rings is 4. The Morgan fingerprint density at radius 2 is 1.17 bits per heavy atom. The maximum absolute atomic E-state index is 11.7. The molecular formula is C39H23N5O2. The molecule has 7 heterocycles. The fraction of sp³-hybridized carbons (Fsp3) is 0. The van der Waals surface area contributed by atoms with Crippen LogP contribution in [-0.2, 0) is 0 Å². The molecule has 216 valence electrons. The van der Waals surface area contributed by atoms with Crippen molar-refractivity contribution in [2.24, 2.45) is 0 Å². The number of hydrogen-bond acceptors (Lipinski definition) is 5. The van der Waals surface area contributed by atoms with Gasteiger partial charge in [-0.1, -0.05) is 66.7 Å². The van der Waals surface area contributed by atoms with Crippen LogP contribution in [0.4, 0.5) is 0 Å². The molecule has 1 aliphatic heterocycles. The molecule has 6 aromatic heterocycles. The summed E-state index contributed by atoms with van der Waals surface area (Å²) in [6.45, 7) is 0. The summed E-state index contributed by atoms with van der Waals surface area (Å²) in [6, 6.07) is 38.4. The number of nitrogens with zero attached hydrogens (tertiary/aromatic N) is 4. The van der Waals surface area contributed by atoms with Gasteiger partial charge >= 0.3 is 0 Å². The number of pyridine rings is 2. The van der Waals surface area contributed by atoms with E-state index in [1.54, 1.807) is 0 Å². The highest BCUT2D eigenvalue weighted by Gasteiger charge is 2.17. The van der Waals surface area contributed by atoms with Crippen molar-refractivity contribution in [3.63, 3.8) is 0 Å². The minimum absolute atomic E-state index is 0.131. The molecule has 46 heavy (non-hydrogen) atoms. The standard InChI is InChI=1S/C39H23N5O2/c45-38-25-8-4-9-26(38)30-16-14-23-12-13-24-15-17-31(42-37(24)36(23)41-30)27-10-5-11-28-33-20-21-34(44(33)43-46-39(27)28)35(22-6-2-1-3-7-22)32-19-18-29(25)40-32/h1-21,43,45H. The van der Waals surface area contributed by atoms with E-state index in [4.69, 9.17) is 19.5 Å². The number of aromatic nitrogens is 5. The minimum atomic E-state index is 0.131. The third-order valence-corrected chi connectivity index (χ3v) is 9.01. The van der Waals surface area contributed by atoms with Gasteiger partial charge < -0.3 is 9.63 Å². The Morgan fingerprint density at radius 1 is 0.543 bits per heavy atom. The lowest BCUT2D eigenvalue weighted by molar-refractivity contribution is 0.392. The second-order valence-corrected chi connectivity index (χ2v) is 11.6. The Balaban J connectivity index is 1.47. The second-order valence-electron chi connectivity index (χ2n) is 11.6. The van der Waals surface area contributed by atoms with E-state index in [0.29, 0.717) is 27.6 Å². The van der Waals surface area contributed by atoms with Crippen LogP contribution in [-0.4, -0.2) is 29.8 Å². The van der Waals surface area contributed by atoms with Crippen LogP contribution < -0.4 is 0 Å². The van der Waals surface area contributed by atoms with Gasteiger partial charge in [-0.15, -0.1) is 0 Å². The third-order valence-electron chi connectivity index (χ3n) is 9.01. The SMILES string of the molecule is Oc1c2cccc1c1ccc3ccc4ccc(nc4c3n1)c1cccc3c1o[nH]n1c(ccc31)c(-c1ccccc1)c1nc2C=C1. The smallest absolute Gasteiger partial charge is 0.175 e. The molecule has 7 nitrogen and oxygen atoms in total. The molecule has 1 aliphatic rings. The quantitative estimate of drug-likeness (QED) is 0.185. The normalized spacial score (nSPS) is 12.3. The first-order valence-electron chi connectivity index (χ1n) is 15.1. The number of phenolic OH excluding ortho intramolecular Hbond substituents is 1. The molecule has 0 saturated carbocycles. The maximum Gasteiger partial charge on any atom is 0.175 e. The number of H-pyrrole nitrogens is 1. The molecule has 0 spiro atoms. The van der Waals surface area contributed by atoms with E-state index in [2.05, 4.69) is 53.8 Å². The van der Waals surface area contributed by atoms with E-state index >= 15 is 0 Å². The Hall–Kier alpha value is -6.47. The summed E-state index contributed by atoms with van der Waals surface area (Å²) in [5.41, 5.74) is 8.91. The number of rotatable bonds is 1. The predicted molar refractivity (Wildman–Crippen MR) is 185 cm³/mol. The molecule has 0 aliphatic carbocycles. The van der Waals surface area contributed by atoms with Crippen molar-refractivity contribution in [1.82, 2.24) is 24.7 Å². The van der Waals surface area contributed by atoms with Crippen molar-refractivity contribution in [3.8, 4) is 16.9 Å². The van der Waals surface area contributed by atoms with E-state index in [-0.39, 0.29) is 5.75 Å². The molecule has 0 fully saturated rings. The summed E-state index contributed by atoms with van der Waals surface area (Å²) in [6.07, 6.45) is 3.95. The van der Waals surface area contributed by atoms with Gasteiger partial charge in [-0.05, 0) is 66.2 Å². The molecule has 0 unspecified atom stereocenters. The first-order valence-corrected chi connectivity index (χ1v) is 15.1. The van der Waals surface area contributed by atoms with Gasteiger partial charge in [0, 0.05) is 37.9 Å². The molecule has 14 bridgehead atoms. The van der Waals surface area contributed by atoms with E-state index in [1.165, 1.54) is 0 Å². The average molecular weight is 594 g/mol. The maximum atomic E-state index is 11.7. The molecule has 10 aromatic rings. The van der Waals surface area contributed by atoms with Crippen LogP contribution in [0.5, 0.6) is 5.75 Å². The molecule has 0 radical (unpaired) electrons. The summed E-state index contributed by atoms with van der Waals surface area (Å²) in [4.78, 5) is 15.4. The summed E-state index contributed by atoms with van der Waals surface area (Å²) in [5, 5.41) is 19.9. The number of aromatic amines is 1. The second kappa shape index (κ2) is 9.27. The first-order chi connectivity index (χ1) is 22.7. The fourth-order valence-electron chi connectivity index (χ4n) is 6.79. The zero-order chi connectivity index (χ0) is 30.4. The number of hydrogen-bond donors (Lipinski definition) is 2. The highest BCUT2D eigenvalue weighted by molar-refractivity contribution is 6.11. The van der Waals surface area contributed by atoms with Crippen molar-refractivity contribution in [1.29, 1.82) is 0 Å². The van der Waals surface area contributed by atoms with Crippen molar-refractivity contribution in [2.75, 3.05) is 0 Å². The van der Waals surface area contributed by atoms with Crippen LogP contribution >= 0.6 is 0 Å². The van der Waals surface area contributed by atoms with Gasteiger partial charge in [-0.25, -0.2) is 19.5 Å².